The van der Waals surface area contributed by atoms with Gasteiger partial charge in [-0.1, -0.05) is 63.4 Å². The Morgan fingerprint density at radius 1 is 0.972 bits per heavy atom. The van der Waals surface area contributed by atoms with Crippen molar-refractivity contribution in [3.05, 3.63) is 59.8 Å². The summed E-state index contributed by atoms with van der Waals surface area (Å²) in [5.74, 6) is 1.11. The first-order valence-corrected chi connectivity index (χ1v) is 12.5. The summed E-state index contributed by atoms with van der Waals surface area (Å²) in [5.41, 5.74) is 3.74. The van der Waals surface area contributed by atoms with Gasteiger partial charge in [0.1, 0.15) is 5.82 Å². The Morgan fingerprint density at radius 2 is 1.78 bits per heavy atom. The number of methoxy groups -OCH3 is 2. The molecule has 3 aromatic heterocycles. The topological polar surface area (TPSA) is 117 Å². The number of rotatable bonds is 13. The highest BCUT2D eigenvalue weighted by Gasteiger charge is 2.36. The van der Waals surface area contributed by atoms with Gasteiger partial charge in [-0.2, -0.15) is 5.10 Å². The van der Waals surface area contributed by atoms with Gasteiger partial charge in [0.2, 0.25) is 11.6 Å². The van der Waals surface area contributed by atoms with Crippen molar-refractivity contribution < 1.29 is 9.47 Å². The highest BCUT2D eigenvalue weighted by atomic mass is 16.7. The average molecular weight is 491 g/mol. The van der Waals surface area contributed by atoms with Crippen LogP contribution in [0.1, 0.15) is 63.2 Å². The van der Waals surface area contributed by atoms with Gasteiger partial charge in [-0.15, -0.1) is 5.10 Å². The molecular weight excluding hydrogens is 456 g/mol. The normalized spacial score (nSPS) is 11.8. The second-order valence-electron chi connectivity index (χ2n) is 8.72. The van der Waals surface area contributed by atoms with Gasteiger partial charge < -0.3 is 9.47 Å². The zero-order chi connectivity index (χ0) is 25.4. The van der Waals surface area contributed by atoms with Crippen molar-refractivity contribution >= 4 is 0 Å². The smallest absolute Gasteiger partial charge is 0.231 e. The first-order chi connectivity index (χ1) is 17.6. The Morgan fingerprint density at radius 3 is 2.42 bits per heavy atom. The Kier molecular flexibility index (Phi) is 8.50. The van der Waals surface area contributed by atoms with Crippen molar-refractivity contribution in [1.29, 1.82) is 0 Å². The van der Waals surface area contributed by atoms with Gasteiger partial charge in [0.15, 0.2) is 5.82 Å². The van der Waals surface area contributed by atoms with Crippen molar-refractivity contribution in [2.24, 2.45) is 0 Å². The van der Waals surface area contributed by atoms with Crippen LogP contribution in [-0.2, 0) is 28.2 Å². The zero-order valence-electron chi connectivity index (χ0n) is 21.4. The minimum Gasteiger partial charge on any atom is -0.347 e. The lowest BCUT2D eigenvalue weighted by molar-refractivity contribution is -0.225. The number of aromatic amines is 1. The molecule has 0 unspecified atom stereocenters. The molecule has 1 aromatic carbocycles. The van der Waals surface area contributed by atoms with Gasteiger partial charge in [0, 0.05) is 50.9 Å². The maximum Gasteiger partial charge on any atom is 0.231 e. The number of ether oxygens (including phenoxy) is 2. The van der Waals surface area contributed by atoms with Crippen molar-refractivity contribution in [3.63, 3.8) is 0 Å². The fraction of sp³-hybridized carbons (Fsp3) is 0.462. The van der Waals surface area contributed by atoms with E-state index in [0.29, 0.717) is 24.5 Å². The molecule has 10 heteroatoms. The minimum absolute atomic E-state index is 0.569. The maximum absolute atomic E-state index is 5.77. The summed E-state index contributed by atoms with van der Waals surface area (Å²) in [5, 5.41) is 19.1. The van der Waals surface area contributed by atoms with E-state index in [9.17, 15) is 0 Å². The number of benzene rings is 1. The van der Waals surface area contributed by atoms with Gasteiger partial charge in [-0.3, -0.25) is 4.98 Å². The Hall–Kier alpha value is -3.50. The van der Waals surface area contributed by atoms with Crippen LogP contribution in [0, 0.1) is 0 Å². The van der Waals surface area contributed by atoms with Gasteiger partial charge in [-0.05, 0) is 28.5 Å². The summed E-state index contributed by atoms with van der Waals surface area (Å²) in [6, 6.07) is 12.0. The lowest BCUT2D eigenvalue weighted by atomic mass is 10.0. The lowest BCUT2D eigenvalue weighted by Gasteiger charge is -2.27. The number of hydrogen-bond acceptors (Lipinski definition) is 8. The molecule has 0 atom stereocenters. The number of tetrazole rings is 1. The van der Waals surface area contributed by atoms with E-state index < -0.39 is 5.79 Å². The third-order valence-corrected chi connectivity index (χ3v) is 6.29. The molecule has 0 saturated carbocycles. The van der Waals surface area contributed by atoms with Crippen molar-refractivity contribution in [1.82, 2.24) is 40.4 Å². The summed E-state index contributed by atoms with van der Waals surface area (Å²) in [7, 11) is 3.29. The summed E-state index contributed by atoms with van der Waals surface area (Å²) in [6.45, 7) is 5.09. The molecule has 0 fully saturated rings. The van der Waals surface area contributed by atoms with Crippen LogP contribution in [0.2, 0.25) is 0 Å². The van der Waals surface area contributed by atoms with E-state index in [0.717, 1.165) is 60.4 Å². The molecule has 0 aliphatic rings. The van der Waals surface area contributed by atoms with Crippen LogP contribution in [0.5, 0.6) is 0 Å². The van der Waals surface area contributed by atoms with E-state index >= 15 is 0 Å². The molecular formula is C26H34N8O2. The molecule has 4 rings (SSSR count). The van der Waals surface area contributed by atoms with Gasteiger partial charge >= 0.3 is 0 Å². The molecule has 0 aliphatic carbocycles. The molecule has 1 N–H and O–H groups in total. The van der Waals surface area contributed by atoms with Crippen molar-refractivity contribution in [3.8, 4) is 22.6 Å². The Balaban J connectivity index is 1.61. The first kappa shape index (κ1) is 25.6. The van der Waals surface area contributed by atoms with Crippen LogP contribution in [-0.4, -0.2) is 54.6 Å². The molecule has 0 bridgehead atoms. The summed E-state index contributed by atoms with van der Waals surface area (Å²) in [6.07, 6.45) is 7.38. The van der Waals surface area contributed by atoms with Crippen LogP contribution in [0.4, 0.5) is 0 Å². The molecule has 190 valence electrons. The van der Waals surface area contributed by atoms with Gasteiger partial charge in [-0.25, -0.2) is 14.8 Å². The number of H-pyrrole nitrogens is 1. The Bertz CT molecular complexity index is 1220. The Labute approximate surface area is 211 Å². The van der Waals surface area contributed by atoms with Crippen molar-refractivity contribution in [2.75, 3.05) is 14.2 Å². The minimum atomic E-state index is -0.944. The van der Waals surface area contributed by atoms with E-state index in [1.807, 2.05) is 41.2 Å². The monoisotopic (exact) mass is 490 g/mol. The largest absolute Gasteiger partial charge is 0.347 e. The van der Waals surface area contributed by atoms with E-state index in [4.69, 9.17) is 24.5 Å². The molecule has 0 amide bonds. The van der Waals surface area contributed by atoms with Crippen LogP contribution < -0.4 is 0 Å². The standard InChI is InChI=1S/C26H34N8O2/c1-5-7-10-16-34-23(28-25(31-34)26(35-3,36-4)15-6-2)17-19-13-14-22(27-18-19)20-11-8-9-12-21(20)24-29-32-33-30-24/h8-9,11-14,18H,5-7,10,15-17H2,1-4H3,(H,29,30,32,33). The third-order valence-electron chi connectivity index (χ3n) is 6.29. The summed E-state index contributed by atoms with van der Waals surface area (Å²) in [4.78, 5) is 9.64. The number of aryl methyl sites for hydroxylation is 1. The highest BCUT2D eigenvalue weighted by molar-refractivity contribution is 5.78. The number of hydrogen-bond donors (Lipinski definition) is 1. The average Bonchev–Trinajstić information content (AvgIpc) is 3.59. The zero-order valence-corrected chi connectivity index (χ0v) is 21.4. The molecule has 10 nitrogen and oxygen atoms in total. The molecule has 4 aromatic rings. The summed E-state index contributed by atoms with van der Waals surface area (Å²) < 4.78 is 13.5. The molecule has 0 spiro atoms. The first-order valence-electron chi connectivity index (χ1n) is 12.5. The number of pyridine rings is 1. The maximum atomic E-state index is 5.77. The second kappa shape index (κ2) is 12.0. The van der Waals surface area contributed by atoms with Crippen LogP contribution in [0.3, 0.4) is 0 Å². The van der Waals surface area contributed by atoms with Crippen molar-refractivity contribution in [2.45, 2.75) is 64.7 Å². The predicted molar refractivity (Wildman–Crippen MR) is 136 cm³/mol. The quantitative estimate of drug-likeness (QED) is 0.214. The van der Waals surface area contributed by atoms with Crippen LogP contribution in [0.15, 0.2) is 42.6 Å². The predicted octanol–water partition coefficient (Wildman–Crippen LogP) is 4.55. The number of nitrogens with zero attached hydrogens (tertiary/aromatic N) is 7. The van der Waals surface area contributed by atoms with E-state index in [-0.39, 0.29) is 0 Å². The molecule has 36 heavy (non-hydrogen) atoms. The lowest BCUT2D eigenvalue weighted by Crippen LogP contribution is -2.32. The molecule has 3 heterocycles. The fourth-order valence-corrected chi connectivity index (χ4v) is 4.33. The molecule has 0 saturated heterocycles. The second-order valence-corrected chi connectivity index (χ2v) is 8.72. The summed E-state index contributed by atoms with van der Waals surface area (Å²) >= 11 is 0. The number of unbranched alkanes of at least 4 members (excludes halogenated alkanes) is 2. The highest BCUT2D eigenvalue weighted by Crippen LogP contribution is 2.30. The van der Waals surface area contributed by atoms with Crippen LogP contribution >= 0.6 is 0 Å². The van der Waals surface area contributed by atoms with Crippen LogP contribution in [0.25, 0.3) is 22.6 Å². The van der Waals surface area contributed by atoms with E-state index in [2.05, 4.69) is 40.5 Å². The molecule has 0 radical (unpaired) electrons. The number of nitrogens with one attached hydrogen (secondary N) is 1. The SMILES string of the molecule is CCCCCn1nc(C(CCC)(OC)OC)nc1Cc1ccc(-c2ccccc2-c2nnn[nH]2)nc1. The van der Waals surface area contributed by atoms with Gasteiger partial charge in [0.25, 0.3) is 0 Å². The molecule has 0 aliphatic heterocycles. The van der Waals surface area contributed by atoms with E-state index in [1.54, 1.807) is 14.2 Å². The fourth-order valence-electron chi connectivity index (χ4n) is 4.33. The number of aromatic nitrogens is 8. The van der Waals surface area contributed by atoms with Gasteiger partial charge in [0.05, 0.1) is 5.69 Å². The third kappa shape index (κ3) is 5.50. The van der Waals surface area contributed by atoms with E-state index in [1.165, 1.54) is 0 Å².